The van der Waals surface area contributed by atoms with Gasteiger partial charge in [0.05, 0.1) is 12.6 Å². The summed E-state index contributed by atoms with van der Waals surface area (Å²) < 4.78 is 27.0. The third kappa shape index (κ3) is 4.24. The van der Waals surface area contributed by atoms with Crippen molar-refractivity contribution in [3.8, 4) is 0 Å². The van der Waals surface area contributed by atoms with Gasteiger partial charge in [0, 0.05) is 16.9 Å². The summed E-state index contributed by atoms with van der Waals surface area (Å²) in [6.45, 7) is 1.44. The number of halogens is 3. The van der Waals surface area contributed by atoms with Gasteiger partial charge in [-0.2, -0.15) is 0 Å². The van der Waals surface area contributed by atoms with Crippen LogP contribution in [-0.2, 0) is 11.2 Å². The Hall–Kier alpha value is -1.01. The number of carbonyl (C=O) groups is 1. The minimum Gasteiger partial charge on any atom is -0.352 e. The van der Waals surface area contributed by atoms with Crippen molar-refractivity contribution >= 4 is 21.8 Å². The maximum Gasteiger partial charge on any atom is 0.262 e. The summed E-state index contributed by atoms with van der Waals surface area (Å²) in [7, 11) is 0. The highest BCUT2D eigenvalue weighted by Gasteiger charge is 2.42. The van der Waals surface area contributed by atoms with E-state index in [0.29, 0.717) is 6.42 Å². The first kappa shape index (κ1) is 15.4. The van der Waals surface area contributed by atoms with E-state index in [1.165, 1.54) is 0 Å². The maximum absolute atomic E-state index is 13.0. The fourth-order valence-electron chi connectivity index (χ4n) is 2.31. The largest absolute Gasteiger partial charge is 0.352 e. The molecule has 0 radical (unpaired) electrons. The van der Waals surface area contributed by atoms with Gasteiger partial charge in [-0.25, -0.2) is 8.78 Å². The molecular weight excluding hydrogens is 330 g/mol. The Morgan fingerprint density at radius 3 is 2.95 bits per heavy atom. The SMILES string of the molecule is CC(Cc1cccc(Br)c1)NC(=O)C1CC(F)(F)CN1. The van der Waals surface area contributed by atoms with Gasteiger partial charge in [0.2, 0.25) is 5.91 Å². The summed E-state index contributed by atoms with van der Waals surface area (Å²) in [6, 6.07) is 6.90. The zero-order chi connectivity index (χ0) is 14.8. The Labute approximate surface area is 125 Å². The molecule has 0 spiro atoms. The van der Waals surface area contributed by atoms with Crippen molar-refractivity contribution < 1.29 is 13.6 Å². The van der Waals surface area contributed by atoms with Gasteiger partial charge in [0.25, 0.3) is 5.92 Å². The maximum atomic E-state index is 13.0. The minimum absolute atomic E-state index is 0.104. The molecule has 2 unspecified atom stereocenters. The monoisotopic (exact) mass is 346 g/mol. The second-order valence-corrected chi connectivity index (χ2v) is 6.15. The van der Waals surface area contributed by atoms with E-state index < -0.39 is 24.9 Å². The predicted molar refractivity (Wildman–Crippen MR) is 76.8 cm³/mol. The van der Waals surface area contributed by atoms with Crippen molar-refractivity contribution in [3.05, 3.63) is 34.3 Å². The first-order valence-electron chi connectivity index (χ1n) is 6.52. The van der Waals surface area contributed by atoms with E-state index in [-0.39, 0.29) is 11.9 Å². The number of hydrogen-bond donors (Lipinski definition) is 2. The summed E-state index contributed by atoms with van der Waals surface area (Å²) in [4.78, 5) is 11.9. The standard InChI is InChI=1S/C14H17BrF2N2O/c1-9(5-10-3-2-4-11(15)6-10)19-13(20)12-7-14(16,17)8-18-12/h2-4,6,9,12,18H,5,7-8H2,1H3,(H,19,20). The molecular formula is C14H17BrF2N2O. The van der Waals surface area contributed by atoms with Crippen LogP contribution < -0.4 is 10.6 Å². The summed E-state index contributed by atoms with van der Waals surface area (Å²) in [6.07, 6.45) is 0.233. The van der Waals surface area contributed by atoms with Crippen LogP contribution in [0, 0.1) is 0 Å². The van der Waals surface area contributed by atoms with Gasteiger partial charge < -0.3 is 5.32 Å². The quantitative estimate of drug-likeness (QED) is 0.879. The average molecular weight is 347 g/mol. The van der Waals surface area contributed by atoms with Crippen LogP contribution in [0.3, 0.4) is 0 Å². The Morgan fingerprint density at radius 2 is 2.35 bits per heavy atom. The summed E-state index contributed by atoms with van der Waals surface area (Å²) in [5.41, 5.74) is 1.08. The van der Waals surface area contributed by atoms with Gasteiger partial charge in [0.1, 0.15) is 0 Å². The third-order valence-corrected chi connectivity index (χ3v) is 3.74. The van der Waals surface area contributed by atoms with Crippen LogP contribution in [0.2, 0.25) is 0 Å². The molecule has 3 nitrogen and oxygen atoms in total. The molecule has 0 aliphatic carbocycles. The number of benzene rings is 1. The highest BCUT2D eigenvalue weighted by Crippen LogP contribution is 2.25. The molecule has 6 heteroatoms. The molecule has 1 aromatic rings. The van der Waals surface area contributed by atoms with Gasteiger partial charge >= 0.3 is 0 Å². The summed E-state index contributed by atoms with van der Waals surface area (Å²) >= 11 is 3.39. The van der Waals surface area contributed by atoms with E-state index in [1.807, 2.05) is 31.2 Å². The van der Waals surface area contributed by atoms with Gasteiger partial charge in [0.15, 0.2) is 0 Å². The Bertz CT molecular complexity index is 496. The second kappa shape index (κ2) is 6.18. The molecule has 2 N–H and O–H groups in total. The highest BCUT2D eigenvalue weighted by molar-refractivity contribution is 9.10. The molecule has 0 saturated carbocycles. The lowest BCUT2D eigenvalue weighted by Gasteiger charge is -2.17. The molecule has 1 amide bonds. The van der Waals surface area contributed by atoms with Crippen LogP contribution in [0.1, 0.15) is 18.9 Å². The van der Waals surface area contributed by atoms with Gasteiger partial charge in [-0.3, -0.25) is 10.1 Å². The molecule has 0 bridgehead atoms. The molecule has 110 valence electrons. The number of hydrogen-bond acceptors (Lipinski definition) is 2. The zero-order valence-electron chi connectivity index (χ0n) is 11.1. The molecule has 1 aliphatic rings. The van der Waals surface area contributed by atoms with Crippen LogP contribution in [0.25, 0.3) is 0 Å². The van der Waals surface area contributed by atoms with Gasteiger partial charge in [-0.1, -0.05) is 28.1 Å². The minimum atomic E-state index is -2.78. The molecule has 1 saturated heterocycles. The fourth-order valence-corrected chi connectivity index (χ4v) is 2.76. The summed E-state index contributed by atoms with van der Waals surface area (Å²) in [5, 5.41) is 5.33. The first-order valence-corrected chi connectivity index (χ1v) is 7.31. The van der Waals surface area contributed by atoms with E-state index in [2.05, 4.69) is 26.6 Å². The molecule has 2 rings (SSSR count). The van der Waals surface area contributed by atoms with Gasteiger partial charge in [-0.15, -0.1) is 0 Å². The Morgan fingerprint density at radius 1 is 1.60 bits per heavy atom. The van der Waals surface area contributed by atoms with Crippen molar-refractivity contribution in [2.24, 2.45) is 0 Å². The van der Waals surface area contributed by atoms with Crippen LogP contribution in [0.4, 0.5) is 8.78 Å². The van der Waals surface area contributed by atoms with E-state index in [0.717, 1.165) is 10.0 Å². The zero-order valence-corrected chi connectivity index (χ0v) is 12.7. The molecule has 20 heavy (non-hydrogen) atoms. The van der Waals surface area contributed by atoms with Crippen molar-refractivity contribution in [2.75, 3.05) is 6.54 Å². The third-order valence-electron chi connectivity index (χ3n) is 3.25. The Kier molecular flexibility index (Phi) is 4.75. The summed E-state index contributed by atoms with van der Waals surface area (Å²) in [5.74, 6) is -3.14. The fraction of sp³-hybridized carbons (Fsp3) is 0.500. The smallest absolute Gasteiger partial charge is 0.262 e. The van der Waals surface area contributed by atoms with Crippen LogP contribution in [0.5, 0.6) is 0 Å². The van der Waals surface area contributed by atoms with E-state index >= 15 is 0 Å². The van der Waals surface area contributed by atoms with Crippen LogP contribution >= 0.6 is 15.9 Å². The number of amides is 1. The molecule has 2 atom stereocenters. The van der Waals surface area contributed by atoms with Crippen molar-refractivity contribution in [1.82, 2.24) is 10.6 Å². The van der Waals surface area contributed by atoms with Crippen LogP contribution in [0.15, 0.2) is 28.7 Å². The van der Waals surface area contributed by atoms with Crippen molar-refractivity contribution in [3.63, 3.8) is 0 Å². The van der Waals surface area contributed by atoms with Crippen LogP contribution in [-0.4, -0.2) is 30.5 Å². The number of nitrogens with one attached hydrogen (secondary N) is 2. The molecule has 1 fully saturated rings. The first-order chi connectivity index (χ1) is 9.35. The number of rotatable bonds is 4. The number of alkyl halides is 2. The average Bonchev–Trinajstić information content (AvgIpc) is 2.69. The highest BCUT2D eigenvalue weighted by atomic mass is 79.9. The van der Waals surface area contributed by atoms with E-state index in [1.54, 1.807) is 0 Å². The van der Waals surface area contributed by atoms with Gasteiger partial charge in [-0.05, 0) is 31.0 Å². The predicted octanol–water partition coefficient (Wildman–Crippen LogP) is 2.49. The lowest BCUT2D eigenvalue weighted by molar-refractivity contribution is -0.124. The lowest BCUT2D eigenvalue weighted by atomic mass is 10.1. The molecule has 1 aliphatic heterocycles. The van der Waals surface area contributed by atoms with Crippen molar-refractivity contribution in [2.45, 2.75) is 37.8 Å². The topological polar surface area (TPSA) is 41.1 Å². The molecule has 0 aromatic heterocycles. The Balaban J connectivity index is 1.85. The number of carbonyl (C=O) groups excluding carboxylic acids is 1. The van der Waals surface area contributed by atoms with E-state index in [4.69, 9.17) is 0 Å². The molecule has 1 aromatic carbocycles. The second-order valence-electron chi connectivity index (χ2n) is 5.24. The normalized spacial score (nSPS) is 22.5. The molecule has 1 heterocycles. The van der Waals surface area contributed by atoms with Crippen molar-refractivity contribution in [1.29, 1.82) is 0 Å². The lowest BCUT2D eigenvalue weighted by Crippen LogP contribution is -2.44. The van der Waals surface area contributed by atoms with E-state index in [9.17, 15) is 13.6 Å².